The Kier molecular flexibility index (Phi) is 6.47. The van der Waals surface area contributed by atoms with Gasteiger partial charge in [-0.25, -0.2) is 0 Å². The minimum atomic E-state index is -0.0353. The molecule has 0 aromatic heterocycles. The third-order valence-electron chi connectivity index (χ3n) is 4.54. The van der Waals surface area contributed by atoms with Gasteiger partial charge < -0.3 is 10.1 Å². The molecule has 0 fully saturated rings. The van der Waals surface area contributed by atoms with Crippen molar-refractivity contribution in [2.24, 2.45) is 5.92 Å². The van der Waals surface area contributed by atoms with Crippen molar-refractivity contribution >= 4 is 5.91 Å². The summed E-state index contributed by atoms with van der Waals surface area (Å²) >= 11 is 0. The van der Waals surface area contributed by atoms with Gasteiger partial charge in [0.2, 0.25) is 0 Å². The minimum Gasteiger partial charge on any atom is -0.497 e. The Hall–Kier alpha value is -2.29. The quantitative estimate of drug-likeness (QED) is 0.743. The molecule has 0 unspecified atom stereocenters. The van der Waals surface area contributed by atoms with Crippen LogP contribution in [0.1, 0.15) is 68.6 Å². The molecule has 0 saturated heterocycles. The van der Waals surface area contributed by atoms with E-state index in [-0.39, 0.29) is 17.4 Å². The van der Waals surface area contributed by atoms with Crippen molar-refractivity contribution in [3.8, 4) is 5.75 Å². The van der Waals surface area contributed by atoms with Crippen molar-refractivity contribution in [3.05, 3.63) is 65.2 Å². The first-order valence-corrected chi connectivity index (χ1v) is 9.26. The summed E-state index contributed by atoms with van der Waals surface area (Å²) < 4.78 is 5.23. The summed E-state index contributed by atoms with van der Waals surface area (Å²) in [5.74, 6) is 1.26. The van der Waals surface area contributed by atoms with E-state index < -0.39 is 0 Å². The van der Waals surface area contributed by atoms with E-state index in [4.69, 9.17) is 4.74 Å². The normalized spacial score (nSPS) is 12.7. The van der Waals surface area contributed by atoms with E-state index >= 15 is 0 Å². The van der Waals surface area contributed by atoms with Gasteiger partial charge in [-0.2, -0.15) is 0 Å². The molecule has 0 aliphatic carbocycles. The molecule has 0 aliphatic heterocycles. The predicted molar refractivity (Wildman–Crippen MR) is 108 cm³/mol. The number of methoxy groups -OCH3 is 1. The largest absolute Gasteiger partial charge is 0.497 e. The lowest BCUT2D eigenvalue weighted by Gasteiger charge is -2.22. The van der Waals surface area contributed by atoms with Gasteiger partial charge in [0.1, 0.15) is 5.75 Å². The summed E-state index contributed by atoms with van der Waals surface area (Å²) in [6.07, 6.45) is 0.887. The summed E-state index contributed by atoms with van der Waals surface area (Å²) in [4.78, 5) is 12.8. The first-order valence-electron chi connectivity index (χ1n) is 9.26. The summed E-state index contributed by atoms with van der Waals surface area (Å²) in [6.45, 7) is 10.8. The first kappa shape index (κ1) is 20.0. The third kappa shape index (κ3) is 5.35. The van der Waals surface area contributed by atoms with E-state index in [2.05, 4.69) is 39.9 Å². The molecule has 0 bridgehead atoms. The van der Waals surface area contributed by atoms with Crippen molar-refractivity contribution in [2.75, 3.05) is 7.11 Å². The third-order valence-corrected chi connectivity index (χ3v) is 4.54. The number of ether oxygens (including phenoxy) is 1. The fourth-order valence-corrected chi connectivity index (χ4v) is 2.95. The van der Waals surface area contributed by atoms with Crippen LogP contribution in [0.25, 0.3) is 0 Å². The highest BCUT2D eigenvalue weighted by atomic mass is 16.5. The summed E-state index contributed by atoms with van der Waals surface area (Å²) in [5.41, 5.74) is 3.10. The van der Waals surface area contributed by atoms with E-state index in [1.165, 1.54) is 5.56 Å². The lowest BCUT2D eigenvalue weighted by molar-refractivity contribution is 0.0932. The Balaban J connectivity index is 2.17. The van der Waals surface area contributed by atoms with Crippen molar-refractivity contribution < 1.29 is 9.53 Å². The van der Waals surface area contributed by atoms with Gasteiger partial charge in [-0.1, -0.05) is 58.9 Å². The smallest absolute Gasteiger partial charge is 0.251 e. The number of amides is 1. The van der Waals surface area contributed by atoms with Crippen LogP contribution >= 0.6 is 0 Å². The average molecular weight is 354 g/mol. The van der Waals surface area contributed by atoms with Crippen molar-refractivity contribution in [2.45, 2.75) is 52.5 Å². The van der Waals surface area contributed by atoms with Crippen LogP contribution in [0, 0.1) is 5.92 Å². The molecule has 3 heteroatoms. The standard InChI is InChI=1S/C23H31NO2/c1-16(2)15-21(17-9-13-20(26-6)14-10-17)24-22(25)18-7-11-19(12-8-18)23(3,4)5/h7-14,16,21H,15H2,1-6H3,(H,24,25)/t21-/m1/s1. The first-order chi connectivity index (χ1) is 12.2. The molecule has 26 heavy (non-hydrogen) atoms. The number of carbonyl (C=O) groups is 1. The second kappa shape index (κ2) is 8.39. The number of carbonyl (C=O) groups excluding carboxylic acids is 1. The van der Waals surface area contributed by atoms with Gasteiger partial charge >= 0.3 is 0 Å². The van der Waals surface area contributed by atoms with Gasteiger partial charge in [0.25, 0.3) is 5.91 Å². The van der Waals surface area contributed by atoms with Gasteiger partial charge in [0.15, 0.2) is 0 Å². The van der Waals surface area contributed by atoms with Gasteiger partial charge in [-0.15, -0.1) is 0 Å². The maximum Gasteiger partial charge on any atom is 0.251 e. The highest BCUT2D eigenvalue weighted by Gasteiger charge is 2.18. The van der Waals surface area contributed by atoms with E-state index in [0.29, 0.717) is 11.5 Å². The van der Waals surface area contributed by atoms with Crippen LogP contribution in [-0.4, -0.2) is 13.0 Å². The molecule has 0 saturated carbocycles. The topological polar surface area (TPSA) is 38.3 Å². The van der Waals surface area contributed by atoms with Gasteiger partial charge in [-0.05, 0) is 53.1 Å². The Bertz CT molecular complexity index is 709. The maximum atomic E-state index is 12.8. The van der Waals surface area contributed by atoms with Gasteiger partial charge in [0, 0.05) is 5.56 Å². The lowest BCUT2D eigenvalue weighted by Crippen LogP contribution is -2.29. The Labute approximate surface area is 157 Å². The molecule has 0 aliphatic rings. The molecule has 140 valence electrons. The number of nitrogens with one attached hydrogen (secondary N) is 1. The van der Waals surface area contributed by atoms with Crippen molar-refractivity contribution in [1.29, 1.82) is 0 Å². The van der Waals surface area contributed by atoms with E-state index in [1.54, 1.807) is 7.11 Å². The van der Waals surface area contributed by atoms with Crippen LogP contribution in [0.5, 0.6) is 5.75 Å². The monoisotopic (exact) mass is 353 g/mol. The zero-order chi connectivity index (χ0) is 19.3. The van der Waals surface area contributed by atoms with Crippen LogP contribution in [0.4, 0.5) is 0 Å². The molecule has 0 radical (unpaired) electrons. The fraction of sp³-hybridized carbons (Fsp3) is 0.435. The number of hydrogen-bond donors (Lipinski definition) is 1. The molecule has 1 amide bonds. The lowest BCUT2D eigenvalue weighted by atomic mass is 9.86. The molecular formula is C23H31NO2. The highest BCUT2D eigenvalue weighted by Crippen LogP contribution is 2.25. The van der Waals surface area contributed by atoms with E-state index in [1.807, 2.05) is 48.5 Å². The number of benzene rings is 2. The van der Waals surface area contributed by atoms with Gasteiger partial charge in [-0.3, -0.25) is 4.79 Å². The molecule has 3 nitrogen and oxygen atoms in total. The SMILES string of the molecule is COc1ccc([C@@H](CC(C)C)NC(=O)c2ccc(C(C)(C)C)cc2)cc1. The molecular weight excluding hydrogens is 322 g/mol. The van der Waals surface area contributed by atoms with Crippen molar-refractivity contribution in [1.82, 2.24) is 5.32 Å². The molecule has 0 heterocycles. The van der Waals surface area contributed by atoms with Crippen LogP contribution < -0.4 is 10.1 Å². The van der Waals surface area contributed by atoms with E-state index in [0.717, 1.165) is 17.7 Å². The fourth-order valence-electron chi connectivity index (χ4n) is 2.95. The number of hydrogen-bond acceptors (Lipinski definition) is 2. The summed E-state index contributed by atoms with van der Waals surface area (Å²) in [6, 6.07) is 15.8. The zero-order valence-electron chi connectivity index (χ0n) is 16.8. The van der Waals surface area contributed by atoms with Crippen LogP contribution in [-0.2, 0) is 5.41 Å². The average Bonchev–Trinajstić information content (AvgIpc) is 2.60. The Morgan fingerprint density at radius 2 is 1.58 bits per heavy atom. The Morgan fingerprint density at radius 1 is 1.00 bits per heavy atom. The summed E-state index contributed by atoms with van der Waals surface area (Å²) in [7, 11) is 1.66. The molecule has 2 aromatic carbocycles. The molecule has 0 spiro atoms. The molecule has 1 N–H and O–H groups in total. The van der Waals surface area contributed by atoms with Crippen LogP contribution in [0.2, 0.25) is 0 Å². The maximum absolute atomic E-state index is 12.8. The molecule has 2 aromatic rings. The number of rotatable bonds is 6. The molecule has 2 rings (SSSR count). The van der Waals surface area contributed by atoms with Crippen LogP contribution in [0.15, 0.2) is 48.5 Å². The highest BCUT2D eigenvalue weighted by molar-refractivity contribution is 5.94. The van der Waals surface area contributed by atoms with Crippen LogP contribution in [0.3, 0.4) is 0 Å². The van der Waals surface area contributed by atoms with Crippen molar-refractivity contribution in [3.63, 3.8) is 0 Å². The second-order valence-electron chi connectivity index (χ2n) is 8.26. The zero-order valence-corrected chi connectivity index (χ0v) is 16.8. The summed E-state index contributed by atoms with van der Waals surface area (Å²) in [5, 5.41) is 3.20. The Morgan fingerprint density at radius 3 is 2.04 bits per heavy atom. The second-order valence-corrected chi connectivity index (χ2v) is 8.26. The van der Waals surface area contributed by atoms with E-state index in [9.17, 15) is 4.79 Å². The molecule has 1 atom stereocenters. The minimum absolute atomic E-state index is 0.0179. The predicted octanol–water partition coefficient (Wildman–Crippen LogP) is 5.51. The van der Waals surface area contributed by atoms with Gasteiger partial charge in [0.05, 0.1) is 13.2 Å².